The van der Waals surface area contributed by atoms with E-state index in [0.29, 0.717) is 6.42 Å². The van der Waals surface area contributed by atoms with Gasteiger partial charge in [-0.2, -0.15) is 0 Å². The van der Waals surface area contributed by atoms with Crippen LogP contribution in [-0.4, -0.2) is 65.8 Å². The summed E-state index contributed by atoms with van der Waals surface area (Å²) < 4.78 is 11.0. The van der Waals surface area contributed by atoms with E-state index in [1.807, 2.05) is 37.3 Å². The van der Waals surface area contributed by atoms with E-state index in [0.717, 1.165) is 5.56 Å². The van der Waals surface area contributed by atoms with Crippen LogP contribution in [0, 0.1) is 0 Å². The van der Waals surface area contributed by atoms with Crippen LogP contribution in [0.25, 0.3) is 10.4 Å². The van der Waals surface area contributed by atoms with E-state index in [-0.39, 0.29) is 18.6 Å². The second-order valence-corrected chi connectivity index (χ2v) is 6.66. The molecular weight excluding hydrogens is 352 g/mol. The number of rotatable bonds is 8. The zero-order valence-electron chi connectivity index (χ0n) is 15.4. The maximum Gasteiger partial charge on any atom is 0.249 e. The lowest BCUT2D eigenvalue weighted by atomic mass is 9.98. The number of hydrogen-bond acceptors (Lipinski definition) is 6. The highest BCUT2D eigenvalue weighted by Crippen LogP contribution is 2.22. The number of amides is 1. The Hall–Kier alpha value is -2.16. The van der Waals surface area contributed by atoms with Crippen LogP contribution in [0.3, 0.4) is 0 Å². The Morgan fingerprint density at radius 3 is 2.78 bits per heavy atom. The standard InChI is InChI=1S/C18H26N4O5/c1-11(8-13-6-4-3-5-7-13)20-18(25)12(2)27-17-14(21-22-19)10-26-15(9-23)16(17)24/h3-7,11-12,14-17,23-24H,8-10H2,1-2H3,(H,20,25)/t11-,12+,14-,15+,16+,17+/m0/s1. The number of benzene rings is 1. The molecule has 6 atom stereocenters. The number of ether oxygens (including phenoxy) is 2. The normalized spacial score (nSPS) is 27.3. The first-order chi connectivity index (χ1) is 13.0. The minimum absolute atomic E-state index is 0.00420. The van der Waals surface area contributed by atoms with E-state index in [9.17, 15) is 15.0 Å². The molecular formula is C18H26N4O5. The van der Waals surface area contributed by atoms with Crippen LogP contribution in [0.1, 0.15) is 19.4 Å². The molecule has 1 aromatic carbocycles. The van der Waals surface area contributed by atoms with Gasteiger partial charge in [-0.1, -0.05) is 35.4 Å². The first-order valence-corrected chi connectivity index (χ1v) is 8.90. The lowest BCUT2D eigenvalue weighted by Gasteiger charge is -2.38. The molecule has 1 aliphatic heterocycles. The largest absolute Gasteiger partial charge is 0.394 e. The third-order valence-electron chi connectivity index (χ3n) is 4.46. The average Bonchev–Trinajstić information content (AvgIpc) is 2.65. The second-order valence-electron chi connectivity index (χ2n) is 6.66. The Balaban J connectivity index is 1.95. The molecule has 27 heavy (non-hydrogen) atoms. The highest BCUT2D eigenvalue weighted by molar-refractivity contribution is 5.80. The minimum Gasteiger partial charge on any atom is -0.394 e. The summed E-state index contributed by atoms with van der Waals surface area (Å²) in [6, 6.07) is 8.89. The summed E-state index contributed by atoms with van der Waals surface area (Å²) in [6.07, 6.45) is -3.22. The van der Waals surface area contributed by atoms with Gasteiger partial charge in [0.15, 0.2) is 0 Å². The Morgan fingerprint density at radius 2 is 2.15 bits per heavy atom. The molecule has 3 N–H and O–H groups in total. The van der Waals surface area contributed by atoms with Crippen molar-refractivity contribution in [2.75, 3.05) is 13.2 Å². The summed E-state index contributed by atoms with van der Waals surface area (Å²) in [5.74, 6) is -0.336. The molecule has 1 saturated heterocycles. The van der Waals surface area contributed by atoms with Crippen molar-refractivity contribution in [2.45, 2.75) is 56.8 Å². The number of carbonyl (C=O) groups is 1. The van der Waals surface area contributed by atoms with Crippen LogP contribution in [0.2, 0.25) is 0 Å². The van der Waals surface area contributed by atoms with Crippen LogP contribution >= 0.6 is 0 Å². The van der Waals surface area contributed by atoms with Crippen LogP contribution in [0.4, 0.5) is 0 Å². The maximum atomic E-state index is 12.4. The quantitative estimate of drug-likeness (QED) is 0.351. The van der Waals surface area contributed by atoms with Crippen LogP contribution in [0.5, 0.6) is 0 Å². The fourth-order valence-corrected chi connectivity index (χ4v) is 3.03. The summed E-state index contributed by atoms with van der Waals surface area (Å²) in [5, 5.41) is 26.0. The third kappa shape index (κ3) is 5.92. The summed E-state index contributed by atoms with van der Waals surface area (Å²) in [5.41, 5.74) is 9.79. The van der Waals surface area contributed by atoms with Crippen LogP contribution in [-0.2, 0) is 20.7 Å². The van der Waals surface area contributed by atoms with Gasteiger partial charge in [-0.15, -0.1) is 0 Å². The highest BCUT2D eigenvalue weighted by atomic mass is 16.6. The summed E-state index contributed by atoms with van der Waals surface area (Å²) in [7, 11) is 0. The molecule has 0 spiro atoms. The number of aliphatic hydroxyl groups excluding tert-OH is 2. The topological polar surface area (TPSA) is 137 Å². The van der Waals surface area contributed by atoms with Gasteiger partial charge >= 0.3 is 0 Å². The highest BCUT2D eigenvalue weighted by Gasteiger charge is 2.41. The van der Waals surface area contributed by atoms with Gasteiger partial charge in [0.25, 0.3) is 0 Å². The minimum atomic E-state index is -1.21. The first-order valence-electron chi connectivity index (χ1n) is 8.90. The fourth-order valence-electron chi connectivity index (χ4n) is 3.03. The monoisotopic (exact) mass is 378 g/mol. The number of nitrogens with zero attached hydrogens (tertiary/aromatic N) is 3. The molecule has 0 bridgehead atoms. The van der Waals surface area contributed by atoms with Gasteiger partial charge in [-0.25, -0.2) is 0 Å². The Labute approximate surface area is 157 Å². The van der Waals surface area contributed by atoms with Gasteiger partial charge in [0.1, 0.15) is 18.3 Å². The van der Waals surface area contributed by atoms with Crippen molar-refractivity contribution in [3.63, 3.8) is 0 Å². The maximum absolute atomic E-state index is 12.4. The molecule has 1 amide bonds. The predicted molar refractivity (Wildman–Crippen MR) is 97.9 cm³/mol. The molecule has 9 nitrogen and oxygen atoms in total. The molecule has 1 aromatic rings. The van der Waals surface area contributed by atoms with Crippen molar-refractivity contribution >= 4 is 5.91 Å². The summed E-state index contributed by atoms with van der Waals surface area (Å²) in [6.45, 7) is 3.05. The molecule has 2 rings (SSSR count). The predicted octanol–water partition coefficient (Wildman–Crippen LogP) is 0.938. The first kappa shape index (κ1) is 21.1. The summed E-state index contributed by atoms with van der Waals surface area (Å²) >= 11 is 0. The van der Waals surface area contributed by atoms with E-state index in [4.69, 9.17) is 15.0 Å². The number of aliphatic hydroxyl groups is 2. The van der Waals surface area contributed by atoms with E-state index in [2.05, 4.69) is 15.3 Å². The molecule has 148 valence electrons. The van der Waals surface area contributed by atoms with Crippen molar-refractivity contribution in [2.24, 2.45) is 5.11 Å². The number of nitrogens with one attached hydrogen (secondary N) is 1. The number of azide groups is 1. The van der Waals surface area contributed by atoms with Crippen LogP contribution < -0.4 is 5.32 Å². The zero-order valence-corrected chi connectivity index (χ0v) is 15.4. The van der Waals surface area contributed by atoms with E-state index >= 15 is 0 Å². The van der Waals surface area contributed by atoms with Crippen molar-refractivity contribution < 1.29 is 24.5 Å². The van der Waals surface area contributed by atoms with Gasteiger partial charge in [-0.05, 0) is 31.4 Å². The molecule has 1 fully saturated rings. The van der Waals surface area contributed by atoms with E-state index < -0.39 is 37.1 Å². The molecule has 0 aromatic heterocycles. The Morgan fingerprint density at radius 1 is 1.44 bits per heavy atom. The second kappa shape index (κ2) is 10.2. The fraction of sp³-hybridized carbons (Fsp3) is 0.611. The molecule has 0 aliphatic carbocycles. The smallest absolute Gasteiger partial charge is 0.249 e. The van der Waals surface area contributed by atoms with Crippen molar-refractivity contribution in [3.05, 3.63) is 46.3 Å². The van der Waals surface area contributed by atoms with Gasteiger partial charge in [0.05, 0.1) is 25.4 Å². The van der Waals surface area contributed by atoms with Crippen molar-refractivity contribution in [1.29, 1.82) is 0 Å². The molecule has 1 heterocycles. The molecule has 0 unspecified atom stereocenters. The lowest BCUT2D eigenvalue weighted by Crippen LogP contribution is -2.56. The third-order valence-corrected chi connectivity index (χ3v) is 4.46. The average molecular weight is 378 g/mol. The summed E-state index contributed by atoms with van der Waals surface area (Å²) in [4.78, 5) is 15.2. The van der Waals surface area contributed by atoms with E-state index in [1.165, 1.54) is 0 Å². The SMILES string of the molecule is C[C@@H](Cc1ccccc1)NC(=O)[C@@H](C)O[C@H]1[C@H](O)[C@@H](CO)OC[C@@H]1N=[N+]=[N-]. The van der Waals surface area contributed by atoms with Gasteiger partial charge in [0, 0.05) is 11.0 Å². The van der Waals surface area contributed by atoms with Gasteiger partial charge in [-0.3, -0.25) is 4.79 Å². The van der Waals surface area contributed by atoms with Crippen molar-refractivity contribution in [3.8, 4) is 0 Å². The Bertz CT molecular complexity index is 652. The molecule has 0 radical (unpaired) electrons. The lowest BCUT2D eigenvalue weighted by molar-refractivity contribution is -0.187. The van der Waals surface area contributed by atoms with E-state index in [1.54, 1.807) is 6.92 Å². The van der Waals surface area contributed by atoms with Crippen LogP contribution in [0.15, 0.2) is 35.4 Å². The Kier molecular flexibility index (Phi) is 8.02. The number of carbonyl (C=O) groups excluding carboxylic acids is 1. The molecule has 9 heteroatoms. The zero-order chi connectivity index (χ0) is 19.8. The molecule has 1 aliphatic rings. The van der Waals surface area contributed by atoms with Gasteiger partial charge in [0.2, 0.25) is 5.91 Å². The van der Waals surface area contributed by atoms with Crippen molar-refractivity contribution in [1.82, 2.24) is 5.32 Å². The van der Waals surface area contributed by atoms with Gasteiger partial charge < -0.3 is 25.0 Å². The number of hydrogen-bond donors (Lipinski definition) is 3. The molecule has 0 saturated carbocycles.